The van der Waals surface area contributed by atoms with Crippen LogP contribution in [0.1, 0.15) is 87.1 Å². The molecule has 0 aromatic heterocycles. The average molecular weight is 369 g/mol. The fourth-order valence-corrected chi connectivity index (χ4v) is 5.70. The molecule has 2 heterocycles. The van der Waals surface area contributed by atoms with Crippen LogP contribution >= 0.6 is 0 Å². The average Bonchev–Trinajstić information content (AvgIpc) is 3.23. The molecule has 1 spiro atoms. The first-order valence-electron chi connectivity index (χ1n) is 10.8. The van der Waals surface area contributed by atoms with E-state index in [2.05, 4.69) is 23.6 Å². The first-order chi connectivity index (χ1) is 13.1. The topological polar surface area (TPSA) is 40.6 Å². The number of hydrogen-bond acceptors (Lipinski definition) is 2. The maximum atomic E-state index is 13.8. The van der Waals surface area contributed by atoms with Crippen molar-refractivity contribution in [2.24, 2.45) is 0 Å². The van der Waals surface area contributed by atoms with Gasteiger partial charge in [0.15, 0.2) is 0 Å². The summed E-state index contributed by atoms with van der Waals surface area (Å²) in [7, 11) is 0. The Hall–Kier alpha value is -1.84. The summed E-state index contributed by atoms with van der Waals surface area (Å²) in [4.78, 5) is 31.6. The van der Waals surface area contributed by atoms with Gasteiger partial charge in [-0.1, -0.05) is 44.4 Å². The Balaban J connectivity index is 1.88. The molecule has 0 radical (unpaired) electrons. The number of likely N-dealkylation sites (tertiary alicyclic amines) is 1. The lowest BCUT2D eigenvalue weighted by molar-refractivity contribution is -0.137. The maximum Gasteiger partial charge on any atom is 0.254 e. The SMILES string of the molecule is CCC(C)N1C(=O)c2ccccc2C(C(=O)N2CCCC2)C12CCCCC2. The number of carbonyl (C=O) groups excluding carboxylic acids is 2. The van der Waals surface area contributed by atoms with Crippen LogP contribution in [0.5, 0.6) is 0 Å². The van der Waals surface area contributed by atoms with Crippen LogP contribution < -0.4 is 0 Å². The van der Waals surface area contributed by atoms with Gasteiger partial charge in [0, 0.05) is 24.7 Å². The minimum atomic E-state index is -0.348. The Morgan fingerprint density at radius 3 is 2.44 bits per heavy atom. The summed E-state index contributed by atoms with van der Waals surface area (Å²) in [6, 6.07) is 8.04. The lowest BCUT2D eigenvalue weighted by Crippen LogP contribution is -2.65. The normalized spacial score (nSPS) is 25.6. The molecule has 3 aliphatic rings. The van der Waals surface area contributed by atoms with Gasteiger partial charge in [0.1, 0.15) is 0 Å². The molecule has 1 aromatic carbocycles. The molecule has 4 rings (SSSR count). The van der Waals surface area contributed by atoms with Gasteiger partial charge in [-0.15, -0.1) is 0 Å². The summed E-state index contributed by atoms with van der Waals surface area (Å²) >= 11 is 0. The van der Waals surface area contributed by atoms with Crippen LogP contribution in [0.25, 0.3) is 0 Å². The molecule has 0 bridgehead atoms. The van der Waals surface area contributed by atoms with Crippen molar-refractivity contribution in [2.45, 2.75) is 82.7 Å². The van der Waals surface area contributed by atoms with Gasteiger partial charge >= 0.3 is 0 Å². The van der Waals surface area contributed by atoms with Crippen molar-refractivity contribution in [1.82, 2.24) is 9.80 Å². The number of amides is 2. The van der Waals surface area contributed by atoms with Gasteiger partial charge in [-0.3, -0.25) is 9.59 Å². The van der Waals surface area contributed by atoms with Crippen molar-refractivity contribution in [1.29, 1.82) is 0 Å². The minimum Gasteiger partial charge on any atom is -0.342 e. The summed E-state index contributed by atoms with van der Waals surface area (Å²) in [5.74, 6) is 0.175. The highest BCUT2D eigenvalue weighted by atomic mass is 16.2. The summed E-state index contributed by atoms with van der Waals surface area (Å²) in [5, 5.41) is 0. The van der Waals surface area contributed by atoms with E-state index in [0.29, 0.717) is 0 Å². The highest BCUT2D eigenvalue weighted by Crippen LogP contribution is 2.51. The van der Waals surface area contributed by atoms with Gasteiger partial charge in [-0.05, 0) is 50.7 Å². The van der Waals surface area contributed by atoms with E-state index in [1.807, 2.05) is 24.3 Å². The number of benzene rings is 1. The molecule has 0 N–H and O–H groups in total. The number of rotatable bonds is 3. The molecule has 146 valence electrons. The Bertz CT molecular complexity index is 717. The van der Waals surface area contributed by atoms with Crippen LogP contribution in [0.2, 0.25) is 0 Å². The molecule has 4 heteroatoms. The maximum absolute atomic E-state index is 13.8. The third kappa shape index (κ3) is 2.88. The predicted octanol–water partition coefficient (Wildman–Crippen LogP) is 4.35. The van der Waals surface area contributed by atoms with Crippen LogP contribution in [-0.4, -0.2) is 46.3 Å². The standard InChI is InChI=1S/C23H32N2O2/c1-3-17(2)25-21(26)19-12-6-5-11-18(19)20(22(27)24-15-9-10-16-24)23(25)13-7-4-8-14-23/h5-6,11-12,17,20H,3-4,7-10,13-16H2,1-2H3. The van der Waals surface area contributed by atoms with Gasteiger partial charge in [-0.25, -0.2) is 0 Å². The Labute approximate surface area is 162 Å². The van der Waals surface area contributed by atoms with Gasteiger partial charge in [-0.2, -0.15) is 0 Å². The highest BCUT2D eigenvalue weighted by molar-refractivity contribution is 6.02. The zero-order valence-electron chi connectivity index (χ0n) is 16.7. The highest BCUT2D eigenvalue weighted by Gasteiger charge is 2.56. The molecule has 1 aliphatic carbocycles. The van der Waals surface area contributed by atoms with E-state index >= 15 is 0 Å². The van der Waals surface area contributed by atoms with Crippen LogP contribution in [0.4, 0.5) is 0 Å². The fourth-order valence-electron chi connectivity index (χ4n) is 5.70. The van der Waals surface area contributed by atoms with Crippen LogP contribution in [-0.2, 0) is 4.79 Å². The van der Waals surface area contributed by atoms with Crippen molar-refractivity contribution in [2.75, 3.05) is 13.1 Å². The van der Waals surface area contributed by atoms with Crippen LogP contribution in [0.3, 0.4) is 0 Å². The first-order valence-corrected chi connectivity index (χ1v) is 10.8. The summed E-state index contributed by atoms with van der Waals surface area (Å²) in [6.07, 6.45) is 8.42. The summed E-state index contributed by atoms with van der Waals surface area (Å²) in [6.45, 7) is 6.03. The quantitative estimate of drug-likeness (QED) is 0.796. The predicted molar refractivity (Wildman–Crippen MR) is 107 cm³/mol. The molecule has 2 aliphatic heterocycles. The van der Waals surface area contributed by atoms with E-state index in [1.165, 1.54) is 6.42 Å². The lowest BCUT2D eigenvalue weighted by Gasteiger charge is -2.56. The Morgan fingerprint density at radius 1 is 1.11 bits per heavy atom. The fraction of sp³-hybridized carbons (Fsp3) is 0.652. The molecule has 2 amide bonds. The van der Waals surface area contributed by atoms with E-state index < -0.39 is 0 Å². The number of carbonyl (C=O) groups is 2. The molecule has 2 unspecified atom stereocenters. The molecule has 2 atom stereocenters. The molecule has 27 heavy (non-hydrogen) atoms. The van der Waals surface area contributed by atoms with E-state index in [0.717, 1.165) is 69.2 Å². The zero-order valence-corrected chi connectivity index (χ0v) is 16.7. The third-order valence-corrected chi connectivity index (χ3v) is 7.15. The third-order valence-electron chi connectivity index (χ3n) is 7.15. The number of nitrogens with zero attached hydrogens (tertiary/aromatic N) is 2. The summed E-state index contributed by atoms with van der Waals surface area (Å²) < 4.78 is 0. The van der Waals surface area contributed by atoms with E-state index in [-0.39, 0.29) is 29.3 Å². The second-order valence-electron chi connectivity index (χ2n) is 8.65. The van der Waals surface area contributed by atoms with Crippen molar-refractivity contribution in [3.05, 3.63) is 35.4 Å². The largest absolute Gasteiger partial charge is 0.342 e. The van der Waals surface area contributed by atoms with E-state index in [9.17, 15) is 9.59 Å². The van der Waals surface area contributed by atoms with Crippen LogP contribution in [0.15, 0.2) is 24.3 Å². The molecular formula is C23H32N2O2. The molecule has 4 nitrogen and oxygen atoms in total. The second kappa shape index (κ2) is 7.29. The number of fused-ring (bicyclic) bond motifs is 1. The van der Waals surface area contributed by atoms with E-state index in [1.54, 1.807) is 0 Å². The Morgan fingerprint density at radius 2 is 1.78 bits per heavy atom. The molecule has 1 saturated heterocycles. The van der Waals surface area contributed by atoms with Crippen molar-refractivity contribution >= 4 is 11.8 Å². The molecule has 2 fully saturated rings. The van der Waals surface area contributed by atoms with Crippen molar-refractivity contribution < 1.29 is 9.59 Å². The lowest BCUT2D eigenvalue weighted by atomic mass is 9.64. The van der Waals surface area contributed by atoms with Gasteiger partial charge < -0.3 is 9.80 Å². The van der Waals surface area contributed by atoms with Crippen molar-refractivity contribution in [3.63, 3.8) is 0 Å². The van der Waals surface area contributed by atoms with E-state index in [4.69, 9.17) is 0 Å². The van der Waals surface area contributed by atoms with Gasteiger partial charge in [0.05, 0.1) is 11.5 Å². The van der Waals surface area contributed by atoms with Crippen LogP contribution in [0, 0.1) is 0 Å². The Kier molecular flexibility index (Phi) is 5.00. The minimum absolute atomic E-state index is 0.132. The second-order valence-corrected chi connectivity index (χ2v) is 8.65. The number of hydrogen-bond donors (Lipinski definition) is 0. The summed E-state index contributed by atoms with van der Waals surface area (Å²) in [5.41, 5.74) is 1.37. The zero-order chi connectivity index (χ0) is 19.0. The monoisotopic (exact) mass is 368 g/mol. The van der Waals surface area contributed by atoms with Gasteiger partial charge in [0.2, 0.25) is 5.91 Å². The van der Waals surface area contributed by atoms with Crippen molar-refractivity contribution in [3.8, 4) is 0 Å². The van der Waals surface area contributed by atoms with Gasteiger partial charge in [0.25, 0.3) is 5.91 Å². The smallest absolute Gasteiger partial charge is 0.254 e. The molecule has 1 saturated carbocycles. The first kappa shape index (κ1) is 18.5. The molecular weight excluding hydrogens is 336 g/mol. The molecule has 1 aromatic rings.